The van der Waals surface area contributed by atoms with E-state index in [4.69, 9.17) is 5.73 Å². The van der Waals surface area contributed by atoms with Crippen LogP contribution in [0.25, 0.3) is 16.5 Å². The normalized spacial score (nSPS) is 11.5. The molecule has 3 N–H and O–H groups in total. The van der Waals surface area contributed by atoms with Crippen LogP contribution in [0.1, 0.15) is 0 Å². The number of rotatable bonds is 4. The van der Waals surface area contributed by atoms with E-state index >= 15 is 0 Å². The van der Waals surface area contributed by atoms with E-state index in [1.54, 1.807) is 37.5 Å². The molecule has 0 unspecified atom stereocenters. The Morgan fingerprint density at radius 3 is 2.41 bits per heavy atom. The zero-order valence-corrected chi connectivity index (χ0v) is 16.6. The molecule has 0 aliphatic heterocycles. The van der Waals surface area contributed by atoms with Crippen molar-refractivity contribution in [2.24, 2.45) is 7.05 Å². The third-order valence-corrected chi connectivity index (χ3v) is 4.61. The van der Waals surface area contributed by atoms with Crippen molar-refractivity contribution in [1.29, 1.82) is 0 Å². The number of aromatic nitrogens is 3. The van der Waals surface area contributed by atoms with E-state index in [0.717, 1.165) is 16.8 Å². The number of anilines is 3. The average Bonchev–Trinajstić information content (AvgIpc) is 2.73. The van der Waals surface area contributed by atoms with Gasteiger partial charge in [-0.05, 0) is 54.6 Å². The van der Waals surface area contributed by atoms with Crippen LogP contribution in [0, 0.1) is 0 Å². The lowest BCUT2D eigenvalue weighted by atomic mass is 10.1. The summed E-state index contributed by atoms with van der Waals surface area (Å²) >= 11 is 0. The number of benzene rings is 2. The fourth-order valence-electron chi connectivity index (χ4n) is 3.14. The zero-order valence-electron chi connectivity index (χ0n) is 16.6. The molecule has 32 heavy (non-hydrogen) atoms. The molecule has 11 heteroatoms. The first-order valence-corrected chi connectivity index (χ1v) is 9.24. The quantitative estimate of drug-likeness (QED) is 0.469. The first-order valence-electron chi connectivity index (χ1n) is 9.24. The predicted octanol–water partition coefficient (Wildman–Crippen LogP) is 3.31. The molecule has 0 saturated carbocycles. The molecule has 8 nitrogen and oxygen atoms in total. The summed E-state index contributed by atoms with van der Waals surface area (Å²) in [6, 6.07) is 12.5. The van der Waals surface area contributed by atoms with Gasteiger partial charge in [-0.3, -0.25) is 9.59 Å². The van der Waals surface area contributed by atoms with Gasteiger partial charge in [0, 0.05) is 24.3 Å². The van der Waals surface area contributed by atoms with Gasteiger partial charge in [-0.1, -0.05) is 0 Å². The Hall–Kier alpha value is -4.28. The highest BCUT2D eigenvalue weighted by molar-refractivity contribution is 5.94. The van der Waals surface area contributed by atoms with Crippen LogP contribution in [0.2, 0.25) is 0 Å². The molecule has 2 aromatic heterocycles. The smallest absolute Gasteiger partial charge is 0.406 e. The number of hydrogen-bond donors (Lipinski definition) is 2. The number of nitrogen functional groups attached to an aromatic ring is 1. The molecule has 164 valence electrons. The number of ether oxygens (including phenoxy) is 1. The Bertz CT molecular complexity index is 1430. The van der Waals surface area contributed by atoms with Gasteiger partial charge < -0.3 is 20.4 Å². The zero-order chi connectivity index (χ0) is 23.0. The molecule has 0 atom stereocenters. The molecule has 4 aromatic rings. The highest BCUT2D eigenvalue weighted by atomic mass is 19.4. The fourth-order valence-corrected chi connectivity index (χ4v) is 3.14. The van der Waals surface area contributed by atoms with Gasteiger partial charge in [0.2, 0.25) is 0 Å². The molecular weight excluding hydrogens is 427 g/mol. The minimum atomic E-state index is -4.84. The average molecular weight is 443 g/mol. The summed E-state index contributed by atoms with van der Waals surface area (Å²) in [5.41, 5.74) is 5.74. The Labute approximate surface area is 178 Å². The first kappa shape index (κ1) is 21.0. The lowest BCUT2D eigenvalue weighted by Crippen LogP contribution is -2.24. The number of nitrogens with one attached hydrogen (secondary N) is 1. The highest BCUT2D eigenvalue weighted by Crippen LogP contribution is 2.26. The maximum absolute atomic E-state index is 13.1. The largest absolute Gasteiger partial charge is 0.573 e. The van der Waals surface area contributed by atoms with Crippen molar-refractivity contribution in [3.05, 3.63) is 81.5 Å². The second-order valence-electron chi connectivity index (χ2n) is 6.88. The minimum Gasteiger partial charge on any atom is -0.406 e. The summed E-state index contributed by atoms with van der Waals surface area (Å²) in [6.07, 6.45) is -3.25. The van der Waals surface area contributed by atoms with Gasteiger partial charge in [-0.25, -0.2) is 0 Å². The van der Waals surface area contributed by atoms with E-state index < -0.39 is 17.7 Å². The number of alkyl halides is 3. The maximum atomic E-state index is 13.1. The summed E-state index contributed by atoms with van der Waals surface area (Å²) in [7, 11) is 1.59. The molecule has 0 aliphatic carbocycles. The summed E-state index contributed by atoms with van der Waals surface area (Å²) in [5, 5.41) is 7.88. The van der Waals surface area contributed by atoms with Gasteiger partial charge in [0.25, 0.3) is 11.1 Å². The number of fused-ring (bicyclic) bond motifs is 1. The summed E-state index contributed by atoms with van der Waals surface area (Å²) in [6.45, 7) is 0. The molecule has 0 fully saturated rings. The van der Waals surface area contributed by atoms with Gasteiger partial charge in [0.05, 0.1) is 11.1 Å². The highest BCUT2D eigenvalue weighted by Gasteiger charge is 2.31. The fraction of sp³-hybridized carbons (Fsp3) is 0.0952. The number of nitrogens with two attached hydrogens (primary N) is 1. The van der Waals surface area contributed by atoms with Crippen LogP contribution >= 0.6 is 0 Å². The van der Waals surface area contributed by atoms with E-state index in [1.807, 2.05) is 0 Å². The Kier molecular flexibility index (Phi) is 5.09. The number of halogens is 3. The van der Waals surface area contributed by atoms with Gasteiger partial charge in [0.15, 0.2) is 5.82 Å². The second-order valence-corrected chi connectivity index (χ2v) is 6.88. The van der Waals surface area contributed by atoms with Crippen LogP contribution in [0.4, 0.5) is 30.4 Å². The van der Waals surface area contributed by atoms with Gasteiger partial charge in [-0.2, -0.15) is 4.68 Å². The molecule has 0 bridgehead atoms. The van der Waals surface area contributed by atoms with Crippen molar-refractivity contribution in [3.8, 4) is 11.4 Å². The molecule has 0 spiro atoms. The predicted molar refractivity (Wildman–Crippen MR) is 113 cm³/mol. The summed E-state index contributed by atoms with van der Waals surface area (Å²) in [4.78, 5) is 25.5. The van der Waals surface area contributed by atoms with E-state index in [2.05, 4.69) is 15.2 Å². The van der Waals surface area contributed by atoms with E-state index in [-0.39, 0.29) is 28.1 Å². The van der Waals surface area contributed by atoms with Crippen molar-refractivity contribution in [3.63, 3.8) is 0 Å². The number of aryl methyl sites for hydroxylation is 1. The van der Waals surface area contributed by atoms with Gasteiger partial charge in [-0.15, -0.1) is 18.3 Å². The van der Waals surface area contributed by atoms with Crippen LogP contribution < -0.4 is 26.9 Å². The van der Waals surface area contributed by atoms with E-state index in [0.29, 0.717) is 11.1 Å². The van der Waals surface area contributed by atoms with Crippen LogP contribution in [0.3, 0.4) is 0 Å². The van der Waals surface area contributed by atoms with Gasteiger partial charge in [0.1, 0.15) is 11.4 Å². The number of pyridine rings is 1. The lowest BCUT2D eigenvalue weighted by Gasteiger charge is -2.14. The van der Waals surface area contributed by atoms with Crippen LogP contribution in [0.5, 0.6) is 5.75 Å². The SMILES string of the molecule is Cn1cccc(Nc2nn(-c3ccc(OC(F)(F)F)cc3)c(=O)c3cc(N)ccc23)c1=O. The topological polar surface area (TPSA) is 104 Å². The molecule has 0 radical (unpaired) electrons. The third-order valence-electron chi connectivity index (χ3n) is 4.61. The van der Waals surface area contributed by atoms with Crippen molar-refractivity contribution >= 4 is 28.0 Å². The van der Waals surface area contributed by atoms with Crippen LogP contribution in [-0.2, 0) is 7.05 Å². The maximum Gasteiger partial charge on any atom is 0.573 e. The molecule has 0 aliphatic rings. The molecule has 2 aromatic carbocycles. The molecule has 4 rings (SSSR count). The Morgan fingerprint density at radius 1 is 1.00 bits per heavy atom. The van der Waals surface area contributed by atoms with E-state index in [1.165, 1.54) is 22.8 Å². The van der Waals surface area contributed by atoms with Crippen molar-refractivity contribution < 1.29 is 17.9 Å². The van der Waals surface area contributed by atoms with Crippen molar-refractivity contribution in [2.75, 3.05) is 11.1 Å². The first-order chi connectivity index (χ1) is 15.1. The Balaban J connectivity index is 1.86. The molecular formula is C21H16F3N5O3. The third kappa shape index (κ3) is 4.13. The van der Waals surface area contributed by atoms with Gasteiger partial charge >= 0.3 is 6.36 Å². The Morgan fingerprint density at radius 2 is 1.72 bits per heavy atom. The summed E-state index contributed by atoms with van der Waals surface area (Å²) < 4.78 is 43.5. The summed E-state index contributed by atoms with van der Waals surface area (Å²) in [5.74, 6) is -0.246. The molecule has 2 heterocycles. The standard InChI is InChI=1S/C21H16F3N5O3/c1-28-10-2-3-17(20(28)31)26-18-15-9-4-12(25)11-16(15)19(30)29(27-18)13-5-7-14(8-6-13)32-21(22,23)24/h2-11H,25H2,1H3,(H,26,27). The number of hydrogen-bond acceptors (Lipinski definition) is 6. The molecule has 0 amide bonds. The molecule has 0 saturated heterocycles. The van der Waals surface area contributed by atoms with Crippen LogP contribution in [0.15, 0.2) is 70.4 Å². The minimum absolute atomic E-state index is 0.192. The van der Waals surface area contributed by atoms with Crippen LogP contribution in [-0.4, -0.2) is 20.7 Å². The van der Waals surface area contributed by atoms with E-state index in [9.17, 15) is 22.8 Å². The lowest BCUT2D eigenvalue weighted by molar-refractivity contribution is -0.274. The monoisotopic (exact) mass is 443 g/mol. The van der Waals surface area contributed by atoms with Crippen molar-refractivity contribution in [2.45, 2.75) is 6.36 Å². The number of nitrogens with zero attached hydrogens (tertiary/aromatic N) is 3. The second kappa shape index (κ2) is 7.76. The van der Waals surface area contributed by atoms with Crippen molar-refractivity contribution in [1.82, 2.24) is 14.3 Å².